The Hall–Kier alpha value is -2.70. The van der Waals surface area contributed by atoms with Crippen LogP contribution in [0.4, 0.5) is 17.8 Å². The molecule has 0 spiro atoms. The lowest BCUT2D eigenvalue weighted by molar-refractivity contribution is 0.556. The van der Waals surface area contributed by atoms with Gasteiger partial charge in [-0.2, -0.15) is 20.1 Å². The highest BCUT2D eigenvalue weighted by Crippen LogP contribution is 2.22. The summed E-state index contributed by atoms with van der Waals surface area (Å²) < 4.78 is 0. The zero-order valence-electron chi connectivity index (χ0n) is 17.6. The topological polar surface area (TPSA) is 69.5 Å². The monoisotopic (exact) mass is 393 g/mol. The second kappa shape index (κ2) is 9.20. The molecule has 2 aliphatic rings. The fourth-order valence-corrected chi connectivity index (χ4v) is 3.87. The standard InChI is InChI=1S/C22H31N7/c1-17-9-11-19(12-10-17)18(2)26-27-20-23-21(28-13-5-3-6-14-28)25-22(24-20)29-15-7-4-8-16-29/h9-12H,3-8,13-16H2,1-2H3,(H,23,24,25,27)/b26-18-. The van der Waals surface area contributed by atoms with Crippen LogP contribution >= 0.6 is 0 Å². The van der Waals surface area contributed by atoms with E-state index in [2.05, 4.69) is 51.5 Å². The van der Waals surface area contributed by atoms with Crippen LogP contribution in [-0.4, -0.2) is 46.8 Å². The van der Waals surface area contributed by atoms with Gasteiger partial charge in [0, 0.05) is 26.2 Å². The number of nitrogens with one attached hydrogen (secondary N) is 1. The minimum absolute atomic E-state index is 0.521. The highest BCUT2D eigenvalue weighted by molar-refractivity contribution is 5.99. The number of aryl methyl sites for hydroxylation is 1. The summed E-state index contributed by atoms with van der Waals surface area (Å²) in [5, 5.41) is 4.54. The lowest BCUT2D eigenvalue weighted by Gasteiger charge is -2.30. The zero-order chi connectivity index (χ0) is 20.1. The number of benzene rings is 1. The van der Waals surface area contributed by atoms with Crippen molar-refractivity contribution in [1.29, 1.82) is 0 Å². The van der Waals surface area contributed by atoms with Crippen LogP contribution in [0.1, 0.15) is 56.6 Å². The summed E-state index contributed by atoms with van der Waals surface area (Å²) in [5.74, 6) is 2.06. The molecule has 29 heavy (non-hydrogen) atoms. The molecule has 0 saturated carbocycles. The van der Waals surface area contributed by atoms with Gasteiger partial charge in [0.1, 0.15) is 0 Å². The molecule has 154 valence electrons. The van der Waals surface area contributed by atoms with E-state index in [-0.39, 0.29) is 0 Å². The van der Waals surface area contributed by atoms with Crippen molar-refractivity contribution in [2.45, 2.75) is 52.4 Å². The van der Waals surface area contributed by atoms with Crippen LogP contribution in [0, 0.1) is 6.92 Å². The van der Waals surface area contributed by atoms with Crippen LogP contribution in [0.3, 0.4) is 0 Å². The van der Waals surface area contributed by atoms with Gasteiger partial charge >= 0.3 is 0 Å². The largest absolute Gasteiger partial charge is 0.341 e. The first-order valence-electron chi connectivity index (χ1n) is 10.8. The van der Waals surface area contributed by atoms with Crippen molar-refractivity contribution in [2.75, 3.05) is 41.4 Å². The first kappa shape index (κ1) is 19.6. The van der Waals surface area contributed by atoms with Gasteiger partial charge in [-0.3, -0.25) is 0 Å². The van der Waals surface area contributed by atoms with E-state index in [4.69, 9.17) is 15.0 Å². The second-order valence-electron chi connectivity index (χ2n) is 8.03. The van der Waals surface area contributed by atoms with Crippen molar-refractivity contribution < 1.29 is 0 Å². The zero-order valence-corrected chi connectivity index (χ0v) is 17.6. The van der Waals surface area contributed by atoms with E-state index in [1.807, 2.05) is 6.92 Å². The predicted molar refractivity (Wildman–Crippen MR) is 119 cm³/mol. The summed E-state index contributed by atoms with van der Waals surface area (Å²) in [7, 11) is 0. The van der Waals surface area contributed by atoms with Gasteiger partial charge in [-0.1, -0.05) is 29.8 Å². The van der Waals surface area contributed by atoms with E-state index in [1.165, 1.54) is 44.1 Å². The number of hydrogen-bond acceptors (Lipinski definition) is 7. The fourth-order valence-electron chi connectivity index (χ4n) is 3.87. The van der Waals surface area contributed by atoms with Crippen LogP contribution in [0.15, 0.2) is 29.4 Å². The number of anilines is 3. The summed E-state index contributed by atoms with van der Waals surface area (Å²) in [4.78, 5) is 18.8. The maximum atomic E-state index is 4.82. The Morgan fingerprint density at radius 3 is 1.83 bits per heavy atom. The van der Waals surface area contributed by atoms with Gasteiger partial charge in [-0.25, -0.2) is 5.43 Å². The maximum absolute atomic E-state index is 4.82. The third-order valence-corrected chi connectivity index (χ3v) is 5.68. The van der Waals surface area contributed by atoms with E-state index in [0.717, 1.165) is 49.4 Å². The van der Waals surface area contributed by atoms with Gasteiger partial charge in [-0.05, 0) is 57.9 Å². The van der Waals surface area contributed by atoms with Crippen LogP contribution < -0.4 is 15.2 Å². The second-order valence-corrected chi connectivity index (χ2v) is 8.03. The molecule has 4 rings (SSSR count). The van der Waals surface area contributed by atoms with Crippen molar-refractivity contribution in [3.05, 3.63) is 35.4 Å². The molecule has 7 heteroatoms. The molecule has 0 aliphatic carbocycles. The van der Waals surface area contributed by atoms with Crippen molar-refractivity contribution >= 4 is 23.6 Å². The Kier molecular flexibility index (Phi) is 6.22. The number of hydrogen-bond donors (Lipinski definition) is 1. The molecule has 3 heterocycles. The van der Waals surface area contributed by atoms with Gasteiger partial charge in [0.25, 0.3) is 0 Å². The van der Waals surface area contributed by atoms with Gasteiger partial charge in [0.15, 0.2) is 0 Å². The number of nitrogens with zero attached hydrogens (tertiary/aromatic N) is 6. The highest BCUT2D eigenvalue weighted by atomic mass is 15.4. The molecule has 0 bridgehead atoms. The Morgan fingerprint density at radius 1 is 0.793 bits per heavy atom. The maximum Gasteiger partial charge on any atom is 0.250 e. The minimum atomic E-state index is 0.521. The molecule has 2 aliphatic heterocycles. The van der Waals surface area contributed by atoms with Gasteiger partial charge in [0.05, 0.1) is 5.71 Å². The number of hydrazone groups is 1. The molecule has 2 fully saturated rings. The summed E-state index contributed by atoms with van der Waals surface area (Å²) >= 11 is 0. The number of rotatable bonds is 5. The highest BCUT2D eigenvalue weighted by Gasteiger charge is 2.20. The molecule has 1 aromatic carbocycles. The third kappa shape index (κ3) is 5.02. The molecule has 0 radical (unpaired) electrons. The van der Waals surface area contributed by atoms with E-state index in [1.54, 1.807) is 0 Å². The molecule has 0 unspecified atom stereocenters. The van der Waals surface area contributed by atoms with Crippen molar-refractivity contribution in [2.24, 2.45) is 5.10 Å². The summed E-state index contributed by atoms with van der Waals surface area (Å²) in [6, 6.07) is 8.36. The van der Waals surface area contributed by atoms with E-state index < -0.39 is 0 Å². The van der Waals surface area contributed by atoms with Crippen LogP contribution in [0.25, 0.3) is 0 Å². The number of piperidine rings is 2. The molecule has 7 nitrogen and oxygen atoms in total. The lowest BCUT2D eigenvalue weighted by Crippen LogP contribution is -2.34. The first-order chi connectivity index (χ1) is 14.2. The summed E-state index contributed by atoms with van der Waals surface area (Å²) in [6.45, 7) is 8.12. The van der Waals surface area contributed by atoms with Gasteiger partial charge in [-0.15, -0.1) is 0 Å². The summed E-state index contributed by atoms with van der Waals surface area (Å²) in [6.07, 6.45) is 7.34. The minimum Gasteiger partial charge on any atom is -0.341 e. The predicted octanol–water partition coefficient (Wildman–Crippen LogP) is 4.00. The van der Waals surface area contributed by atoms with Crippen LogP contribution in [-0.2, 0) is 0 Å². The van der Waals surface area contributed by atoms with Crippen molar-refractivity contribution in [3.63, 3.8) is 0 Å². The van der Waals surface area contributed by atoms with Crippen LogP contribution in [0.5, 0.6) is 0 Å². The fraction of sp³-hybridized carbons (Fsp3) is 0.545. The molecular formula is C22H31N7. The lowest BCUT2D eigenvalue weighted by atomic mass is 10.1. The van der Waals surface area contributed by atoms with Crippen molar-refractivity contribution in [3.8, 4) is 0 Å². The van der Waals surface area contributed by atoms with Gasteiger partial charge < -0.3 is 9.80 Å². The SMILES string of the molecule is C/C(=N/Nc1nc(N2CCCCC2)nc(N2CCCCC2)n1)c1ccc(C)cc1. The van der Waals surface area contributed by atoms with E-state index in [9.17, 15) is 0 Å². The molecule has 0 atom stereocenters. The average Bonchev–Trinajstić information content (AvgIpc) is 2.79. The normalized spacial score (nSPS) is 18.1. The Bertz CT molecular complexity index is 798. The Labute approximate surface area is 173 Å². The molecule has 1 aromatic heterocycles. The van der Waals surface area contributed by atoms with E-state index >= 15 is 0 Å². The van der Waals surface area contributed by atoms with Gasteiger partial charge in [0.2, 0.25) is 17.8 Å². The molecule has 0 amide bonds. The third-order valence-electron chi connectivity index (χ3n) is 5.68. The van der Waals surface area contributed by atoms with Crippen molar-refractivity contribution in [1.82, 2.24) is 15.0 Å². The molecular weight excluding hydrogens is 362 g/mol. The molecule has 2 aromatic rings. The molecule has 1 N–H and O–H groups in total. The number of aromatic nitrogens is 3. The first-order valence-corrected chi connectivity index (χ1v) is 10.8. The quantitative estimate of drug-likeness (QED) is 0.612. The average molecular weight is 394 g/mol. The smallest absolute Gasteiger partial charge is 0.250 e. The Balaban J connectivity index is 1.58. The summed E-state index contributed by atoms with van der Waals surface area (Å²) in [5.41, 5.74) is 6.32. The Morgan fingerprint density at radius 2 is 1.31 bits per heavy atom. The van der Waals surface area contributed by atoms with Crippen LogP contribution in [0.2, 0.25) is 0 Å². The van der Waals surface area contributed by atoms with E-state index in [0.29, 0.717) is 5.95 Å². The molecule has 2 saturated heterocycles.